The highest BCUT2D eigenvalue weighted by Crippen LogP contribution is 2.25. The lowest BCUT2D eigenvalue weighted by atomic mass is 10.2. The van der Waals surface area contributed by atoms with Gasteiger partial charge < -0.3 is 20.5 Å². The van der Waals surface area contributed by atoms with Crippen LogP contribution in [0.25, 0.3) is 0 Å². The van der Waals surface area contributed by atoms with Gasteiger partial charge in [-0.05, 0) is 13.8 Å². The first kappa shape index (κ1) is 14.0. The van der Waals surface area contributed by atoms with Gasteiger partial charge in [-0.3, -0.25) is 0 Å². The van der Waals surface area contributed by atoms with E-state index in [-0.39, 0.29) is 18.8 Å². The molecule has 6 heteroatoms. The number of ether oxygens (including phenoxy) is 1. The highest BCUT2D eigenvalue weighted by atomic mass is 16.5. The summed E-state index contributed by atoms with van der Waals surface area (Å²) < 4.78 is 5.65. The SMILES string of the molecule is CCc1nc(N)c(C)c(N2CC(C)OC(CO)C2)n1. The van der Waals surface area contributed by atoms with Gasteiger partial charge in [0, 0.05) is 25.1 Å². The number of nitrogen functional groups attached to an aromatic ring is 1. The predicted molar refractivity (Wildman–Crippen MR) is 74.2 cm³/mol. The molecule has 106 valence electrons. The monoisotopic (exact) mass is 266 g/mol. The molecule has 1 aromatic heterocycles. The highest BCUT2D eigenvalue weighted by molar-refractivity contribution is 5.56. The molecule has 0 spiro atoms. The Kier molecular flexibility index (Phi) is 4.21. The minimum atomic E-state index is -0.176. The highest BCUT2D eigenvalue weighted by Gasteiger charge is 2.27. The van der Waals surface area contributed by atoms with Crippen LogP contribution in [0.3, 0.4) is 0 Å². The third kappa shape index (κ3) is 2.96. The summed E-state index contributed by atoms with van der Waals surface area (Å²) >= 11 is 0. The Morgan fingerprint density at radius 2 is 2.16 bits per heavy atom. The number of rotatable bonds is 3. The van der Waals surface area contributed by atoms with Crippen LogP contribution in [-0.2, 0) is 11.2 Å². The minimum Gasteiger partial charge on any atom is -0.394 e. The molecule has 0 amide bonds. The first-order valence-electron chi connectivity index (χ1n) is 6.69. The fourth-order valence-electron chi connectivity index (χ4n) is 2.35. The first-order chi connectivity index (χ1) is 9.05. The summed E-state index contributed by atoms with van der Waals surface area (Å²) in [4.78, 5) is 11.0. The van der Waals surface area contributed by atoms with Crippen LogP contribution >= 0.6 is 0 Å². The number of aromatic nitrogens is 2. The van der Waals surface area contributed by atoms with Crippen LogP contribution in [0.5, 0.6) is 0 Å². The Labute approximate surface area is 113 Å². The van der Waals surface area contributed by atoms with Gasteiger partial charge in [0.25, 0.3) is 0 Å². The number of aliphatic hydroxyl groups is 1. The second-order valence-electron chi connectivity index (χ2n) is 4.98. The standard InChI is InChI=1S/C13H22N4O2/c1-4-11-15-12(14)9(3)13(16-11)17-5-8(2)19-10(6-17)7-18/h8,10,18H,4-7H2,1-3H3,(H2,14,15,16). The van der Waals surface area contributed by atoms with E-state index in [4.69, 9.17) is 10.5 Å². The van der Waals surface area contributed by atoms with Crippen molar-refractivity contribution in [1.82, 2.24) is 9.97 Å². The van der Waals surface area contributed by atoms with Crippen LogP contribution in [0.4, 0.5) is 11.6 Å². The zero-order chi connectivity index (χ0) is 14.0. The first-order valence-corrected chi connectivity index (χ1v) is 6.69. The van der Waals surface area contributed by atoms with Gasteiger partial charge in [-0.15, -0.1) is 0 Å². The fraction of sp³-hybridized carbons (Fsp3) is 0.692. The average molecular weight is 266 g/mol. The second kappa shape index (κ2) is 5.71. The number of nitrogens with zero attached hydrogens (tertiary/aromatic N) is 3. The van der Waals surface area contributed by atoms with Gasteiger partial charge in [0.15, 0.2) is 0 Å². The van der Waals surface area contributed by atoms with E-state index in [1.165, 1.54) is 0 Å². The normalized spacial score (nSPS) is 23.7. The number of anilines is 2. The Morgan fingerprint density at radius 3 is 2.79 bits per heavy atom. The fourth-order valence-corrected chi connectivity index (χ4v) is 2.35. The molecule has 1 aliphatic rings. The van der Waals surface area contributed by atoms with E-state index >= 15 is 0 Å². The van der Waals surface area contributed by atoms with Gasteiger partial charge in [0.05, 0.1) is 18.8 Å². The molecule has 2 heterocycles. The summed E-state index contributed by atoms with van der Waals surface area (Å²) in [5.41, 5.74) is 6.84. The Balaban J connectivity index is 2.32. The molecule has 3 N–H and O–H groups in total. The maximum Gasteiger partial charge on any atom is 0.137 e. The summed E-state index contributed by atoms with van der Waals surface area (Å²) in [6, 6.07) is 0. The van der Waals surface area contributed by atoms with E-state index in [0.29, 0.717) is 12.4 Å². The molecular weight excluding hydrogens is 244 g/mol. The van der Waals surface area contributed by atoms with Crippen LogP contribution in [0.1, 0.15) is 25.2 Å². The van der Waals surface area contributed by atoms with Crippen molar-refractivity contribution in [2.24, 2.45) is 0 Å². The van der Waals surface area contributed by atoms with Crippen LogP contribution in [0, 0.1) is 6.92 Å². The van der Waals surface area contributed by atoms with Gasteiger partial charge in [-0.1, -0.05) is 6.92 Å². The lowest BCUT2D eigenvalue weighted by molar-refractivity contribution is -0.0423. The van der Waals surface area contributed by atoms with Crippen molar-refractivity contribution >= 4 is 11.6 Å². The van der Waals surface area contributed by atoms with E-state index in [1.54, 1.807) is 0 Å². The van der Waals surface area contributed by atoms with Crippen molar-refractivity contribution in [3.05, 3.63) is 11.4 Å². The quantitative estimate of drug-likeness (QED) is 0.829. The lowest BCUT2D eigenvalue weighted by Crippen LogP contribution is -2.48. The molecule has 1 saturated heterocycles. The van der Waals surface area contributed by atoms with Gasteiger partial charge in [0.2, 0.25) is 0 Å². The molecule has 2 atom stereocenters. The third-order valence-corrected chi connectivity index (χ3v) is 3.35. The molecule has 0 radical (unpaired) electrons. The van der Waals surface area contributed by atoms with E-state index in [9.17, 15) is 5.11 Å². The van der Waals surface area contributed by atoms with E-state index in [0.717, 1.165) is 30.2 Å². The van der Waals surface area contributed by atoms with Crippen LogP contribution in [0.15, 0.2) is 0 Å². The summed E-state index contributed by atoms with van der Waals surface area (Å²) in [7, 11) is 0. The maximum atomic E-state index is 9.29. The smallest absolute Gasteiger partial charge is 0.137 e. The van der Waals surface area contributed by atoms with Crippen molar-refractivity contribution in [3.8, 4) is 0 Å². The Hall–Kier alpha value is -1.40. The number of hydrogen-bond acceptors (Lipinski definition) is 6. The van der Waals surface area contributed by atoms with Crippen molar-refractivity contribution in [1.29, 1.82) is 0 Å². The lowest BCUT2D eigenvalue weighted by Gasteiger charge is -2.37. The minimum absolute atomic E-state index is 0.0150. The molecule has 0 aromatic carbocycles. The molecule has 1 aliphatic heterocycles. The molecule has 1 fully saturated rings. The predicted octanol–water partition coefficient (Wildman–Crippen LogP) is 0.516. The van der Waals surface area contributed by atoms with Gasteiger partial charge in [-0.25, -0.2) is 9.97 Å². The van der Waals surface area contributed by atoms with E-state index in [2.05, 4.69) is 14.9 Å². The molecular formula is C13H22N4O2. The van der Waals surface area contributed by atoms with Crippen molar-refractivity contribution in [3.63, 3.8) is 0 Å². The summed E-state index contributed by atoms with van der Waals surface area (Å²) in [6.45, 7) is 7.32. The maximum absolute atomic E-state index is 9.29. The number of aliphatic hydroxyl groups excluding tert-OH is 1. The molecule has 2 rings (SSSR count). The van der Waals surface area contributed by atoms with Crippen LogP contribution in [-0.4, -0.2) is 47.0 Å². The van der Waals surface area contributed by atoms with E-state index in [1.807, 2.05) is 20.8 Å². The zero-order valence-corrected chi connectivity index (χ0v) is 11.8. The number of morpholine rings is 1. The number of hydrogen-bond donors (Lipinski definition) is 2. The summed E-state index contributed by atoms with van der Waals surface area (Å²) in [5.74, 6) is 2.14. The van der Waals surface area contributed by atoms with Crippen molar-refractivity contribution in [2.45, 2.75) is 39.4 Å². The second-order valence-corrected chi connectivity index (χ2v) is 4.98. The topological polar surface area (TPSA) is 84.5 Å². The Morgan fingerprint density at radius 1 is 1.42 bits per heavy atom. The van der Waals surface area contributed by atoms with Crippen molar-refractivity contribution in [2.75, 3.05) is 30.3 Å². The van der Waals surface area contributed by atoms with Gasteiger partial charge in [-0.2, -0.15) is 0 Å². The average Bonchev–Trinajstić information content (AvgIpc) is 2.40. The third-order valence-electron chi connectivity index (χ3n) is 3.35. The van der Waals surface area contributed by atoms with Crippen LogP contribution in [0.2, 0.25) is 0 Å². The van der Waals surface area contributed by atoms with Crippen LogP contribution < -0.4 is 10.6 Å². The van der Waals surface area contributed by atoms with Gasteiger partial charge in [0.1, 0.15) is 17.5 Å². The zero-order valence-electron chi connectivity index (χ0n) is 11.8. The molecule has 19 heavy (non-hydrogen) atoms. The number of aryl methyl sites for hydroxylation is 1. The largest absolute Gasteiger partial charge is 0.394 e. The number of nitrogens with two attached hydrogens (primary N) is 1. The van der Waals surface area contributed by atoms with Gasteiger partial charge >= 0.3 is 0 Å². The molecule has 0 bridgehead atoms. The summed E-state index contributed by atoms with van der Waals surface area (Å²) in [5, 5.41) is 9.29. The van der Waals surface area contributed by atoms with Crippen molar-refractivity contribution < 1.29 is 9.84 Å². The van der Waals surface area contributed by atoms with E-state index < -0.39 is 0 Å². The molecule has 0 aliphatic carbocycles. The molecule has 0 saturated carbocycles. The Bertz CT molecular complexity index is 453. The molecule has 6 nitrogen and oxygen atoms in total. The molecule has 1 aromatic rings. The summed E-state index contributed by atoms with van der Waals surface area (Å²) in [6.07, 6.45) is 0.636. The molecule has 2 unspecified atom stereocenters.